The van der Waals surface area contributed by atoms with E-state index in [-0.39, 0.29) is 0 Å². The number of nitrogens with one attached hydrogen (secondary N) is 1. The third kappa shape index (κ3) is 7.72. The number of hydrogen-bond acceptors (Lipinski definition) is 16. The summed E-state index contributed by atoms with van der Waals surface area (Å²) < 4.78 is 63.9. The molecule has 9 N–H and O–H groups in total. The van der Waals surface area contributed by atoms with Crippen molar-refractivity contribution in [1.82, 2.24) is 9.55 Å². The average Bonchev–Trinajstić information content (AvgIpc) is 3.19. The summed E-state index contributed by atoms with van der Waals surface area (Å²) in [5.74, 6) is -3.12. The number of phosphoric acid groups is 3. The molecule has 0 spiro atoms. The lowest BCUT2D eigenvalue weighted by atomic mass is 10.1. The monoisotopic (exact) mass is 616 g/mol. The van der Waals surface area contributed by atoms with Gasteiger partial charge in [0, 0.05) is 12.3 Å². The fraction of sp³-hybridized carbons (Fsp3) is 0.714. The van der Waals surface area contributed by atoms with Crippen molar-refractivity contribution >= 4 is 23.5 Å². The van der Waals surface area contributed by atoms with Gasteiger partial charge in [-0.25, -0.2) is 23.0 Å². The van der Waals surface area contributed by atoms with E-state index < -0.39 is 97.1 Å². The zero-order chi connectivity index (χ0) is 28.7. The quantitative estimate of drug-likeness (QED) is 0.0853. The Morgan fingerprint density at radius 1 is 1.08 bits per heavy atom. The number of H-pyrrole nitrogens is 1. The number of rotatable bonds is 11. The van der Waals surface area contributed by atoms with Gasteiger partial charge < -0.3 is 49.7 Å². The average molecular weight is 616 g/mol. The van der Waals surface area contributed by atoms with Crippen LogP contribution >= 0.6 is 23.5 Å². The van der Waals surface area contributed by atoms with Gasteiger partial charge in [-0.3, -0.25) is 18.9 Å². The van der Waals surface area contributed by atoms with Crippen LogP contribution in [0.1, 0.15) is 12.6 Å². The molecule has 1 aromatic heterocycles. The van der Waals surface area contributed by atoms with Gasteiger partial charge in [0.1, 0.15) is 24.4 Å². The first-order valence-corrected chi connectivity index (χ1v) is 14.6. The molecule has 2 aliphatic rings. The fourth-order valence-corrected chi connectivity index (χ4v) is 7.03. The van der Waals surface area contributed by atoms with Gasteiger partial charge >= 0.3 is 29.2 Å². The number of aliphatic hydroxyl groups excluding tert-OH is 4. The summed E-state index contributed by atoms with van der Waals surface area (Å²) in [5.41, 5.74) is -1.85. The molecule has 0 bridgehead atoms. The molecule has 0 aliphatic carbocycles. The van der Waals surface area contributed by atoms with Crippen LogP contribution in [0.2, 0.25) is 0 Å². The van der Waals surface area contributed by atoms with Crippen LogP contribution in [0.4, 0.5) is 0 Å². The van der Waals surface area contributed by atoms with Crippen molar-refractivity contribution in [3.8, 4) is 0 Å². The van der Waals surface area contributed by atoms with Gasteiger partial charge in [0.15, 0.2) is 6.23 Å². The first-order chi connectivity index (χ1) is 17.4. The molecule has 218 valence electrons. The van der Waals surface area contributed by atoms with E-state index in [1.807, 2.05) is 4.98 Å². The smallest absolute Gasteiger partial charge is 0.394 e. The topological polar surface area (TPSA) is 323 Å². The Hall–Kier alpha value is -1.19. The van der Waals surface area contributed by atoms with Crippen molar-refractivity contribution in [2.75, 3.05) is 13.2 Å². The third-order valence-corrected chi connectivity index (χ3v) is 9.21. The summed E-state index contributed by atoms with van der Waals surface area (Å²) >= 11 is 0. The maximum atomic E-state index is 13.2. The summed E-state index contributed by atoms with van der Waals surface area (Å²) in [7, 11) is -17.5. The number of hydrogen-bond donors (Lipinski definition) is 9. The lowest BCUT2D eigenvalue weighted by Gasteiger charge is -2.28. The molecule has 2 saturated heterocycles. The molecule has 0 radical (unpaired) electrons. The largest absolute Gasteiger partial charge is 0.490 e. The summed E-state index contributed by atoms with van der Waals surface area (Å²) in [6.07, 6.45) is -10.3. The summed E-state index contributed by atoms with van der Waals surface area (Å²) in [6, 6.07) is 0.889. The molecular weight excluding hydrogens is 593 g/mol. The van der Waals surface area contributed by atoms with Crippen LogP contribution in [0.5, 0.6) is 0 Å². The van der Waals surface area contributed by atoms with Crippen LogP contribution in [0.3, 0.4) is 0 Å². The number of aromatic nitrogens is 2. The van der Waals surface area contributed by atoms with Gasteiger partial charge in [0.05, 0.1) is 25.7 Å². The van der Waals surface area contributed by atoms with Gasteiger partial charge in [-0.1, -0.05) is 0 Å². The second-order valence-corrected chi connectivity index (χ2v) is 12.4. The molecule has 0 amide bonds. The molecule has 2 fully saturated rings. The Kier molecular flexibility index (Phi) is 9.37. The second-order valence-electron chi connectivity index (χ2n) is 7.84. The molecular formula is C14H23N2O19P3. The van der Waals surface area contributed by atoms with Crippen molar-refractivity contribution in [3.63, 3.8) is 0 Å². The molecule has 2 unspecified atom stereocenters. The van der Waals surface area contributed by atoms with Gasteiger partial charge in [0.2, 0.25) is 0 Å². The highest BCUT2D eigenvalue weighted by Crippen LogP contribution is 2.69. The minimum absolute atomic E-state index is 0.670. The molecule has 9 atom stereocenters. The van der Waals surface area contributed by atoms with Crippen LogP contribution in [0.25, 0.3) is 0 Å². The Bertz CT molecular complexity index is 1260. The van der Waals surface area contributed by atoms with E-state index in [0.29, 0.717) is 4.57 Å². The highest BCUT2D eigenvalue weighted by molar-refractivity contribution is 7.66. The standard InChI is InChI=1S/C14H23N2O19P3/c17-4-7-6(18)3-14(23,32-7)33-38(29,35-37(27,28)34-36(24,25)26)30-5-8-10(20)11(21)12(31-8)16-2-1-9(19)15-13(16)22/h1-2,6-8,10-12,17-18,20-21,23H,3-5H2,(H,27,28)(H,15,19,22)(H2,24,25,26)/t6-,7+,8+,10+,11+,12+,14-,38?/m0/s1. The number of phosphoric ester groups is 1. The molecule has 2 aliphatic heterocycles. The van der Waals surface area contributed by atoms with Gasteiger partial charge in [0.25, 0.3) is 11.5 Å². The summed E-state index contributed by atoms with van der Waals surface area (Å²) in [4.78, 5) is 52.2. The normalized spacial score (nSPS) is 35.2. The highest BCUT2D eigenvalue weighted by atomic mass is 31.3. The van der Waals surface area contributed by atoms with E-state index >= 15 is 0 Å². The summed E-state index contributed by atoms with van der Waals surface area (Å²) in [5, 5.41) is 49.8. The molecule has 0 aromatic carbocycles. The Labute approximate surface area is 210 Å². The van der Waals surface area contributed by atoms with Crippen molar-refractivity contribution in [2.24, 2.45) is 0 Å². The van der Waals surface area contributed by atoms with Crippen molar-refractivity contribution in [2.45, 2.75) is 49.1 Å². The zero-order valence-corrected chi connectivity index (χ0v) is 21.3. The predicted molar refractivity (Wildman–Crippen MR) is 113 cm³/mol. The van der Waals surface area contributed by atoms with Gasteiger partial charge in [-0.05, 0) is 0 Å². The van der Waals surface area contributed by atoms with Gasteiger partial charge in [-0.15, -0.1) is 0 Å². The molecule has 21 nitrogen and oxygen atoms in total. The van der Waals surface area contributed by atoms with Crippen LogP contribution in [-0.2, 0) is 40.8 Å². The Morgan fingerprint density at radius 3 is 2.29 bits per heavy atom. The SMILES string of the molecule is O=c1ccn([C@@H]2O[C@H](COP(=O)(O[C@]3(O)C[C@H](O)[C@@H](CO)O3)OP(=O)(O)OP(=O)(O)O)[C@@H](O)[C@H]2O)c(=O)[nH]1. The van der Waals surface area contributed by atoms with E-state index in [2.05, 4.69) is 13.1 Å². The molecule has 38 heavy (non-hydrogen) atoms. The lowest BCUT2D eigenvalue weighted by molar-refractivity contribution is -0.316. The lowest BCUT2D eigenvalue weighted by Crippen LogP contribution is -2.37. The van der Waals surface area contributed by atoms with Crippen LogP contribution in [-0.4, -0.2) is 99.5 Å². The second kappa shape index (κ2) is 11.4. The van der Waals surface area contributed by atoms with Crippen molar-refractivity contribution < 1.29 is 81.1 Å². The fourth-order valence-electron chi connectivity index (χ4n) is 3.38. The van der Waals surface area contributed by atoms with Crippen molar-refractivity contribution in [1.29, 1.82) is 0 Å². The number of nitrogens with zero attached hydrogens (tertiary/aromatic N) is 1. The number of aromatic amines is 1. The van der Waals surface area contributed by atoms with E-state index in [4.69, 9.17) is 28.9 Å². The summed E-state index contributed by atoms with van der Waals surface area (Å²) in [6.45, 7) is -2.06. The third-order valence-electron chi connectivity index (χ3n) is 4.94. The number of ether oxygens (including phenoxy) is 2. The first kappa shape index (κ1) is 31.3. The van der Waals surface area contributed by atoms with Crippen LogP contribution < -0.4 is 11.2 Å². The Morgan fingerprint density at radius 2 is 1.74 bits per heavy atom. The molecule has 24 heteroatoms. The molecule has 3 heterocycles. The maximum absolute atomic E-state index is 13.2. The van der Waals surface area contributed by atoms with Crippen LogP contribution in [0.15, 0.2) is 21.9 Å². The molecule has 0 saturated carbocycles. The molecule has 3 rings (SSSR count). The van der Waals surface area contributed by atoms with Crippen molar-refractivity contribution in [3.05, 3.63) is 33.1 Å². The maximum Gasteiger partial charge on any atom is 0.490 e. The highest BCUT2D eigenvalue weighted by Gasteiger charge is 2.55. The van der Waals surface area contributed by atoms with Gasteiger partial charge in [-0.2, -0.15) is 8.62 Å². The zero-order valence-electron chi connectivity index (χ0n) is 18.6. The number of aliphatic hydroxyl groups is 5. The predicted octanol–water partition coefficient (Wildman–Crippen LogP) is -3.69. The minimum Gasteiger partial charge on any atom is -0.394 e. The first-order valence-electron chi connectivity index (χ1n) is 10.1. The minimum atomic E-state index is -6.01. The Balaban J connectivity index is 1.82. The van der Waals surface area contributed by atoms with Crippen LogP contribution in [0, 0.1) is 0 Å². The van der Waals surface area contributed by atoms with E-state index in [1.165, 1.54) is 0 Å². The molecule has 1 aromatic rings. The van der Waals surface area contributed by atoms with E-state index in [0.717, 1.165) is 12.3 Å². The van der Waals surface area contributed by atoms with E-state index in [1.54, 1.807) is 0 Å². The van der Waals surface area contributed by atoms with E-state index in [9.17, 15) is 48.6 Å².